The molecule has 7 nitrogen and oxygen atoms in total. The van der Waals surface area contributed by atoms with Gasteiger partial charge >= 0.3 is 0 Å². The van der Waals surface area contributed by atoms with Crippen LogP contribution in [0.2, 0.25) is 0 Å². The Balaban J connectivity index is 1.56. The fraction of sp³-hybridized carbons (Fsp3) is 0.348. The molecular formula is C23H27FN4O3. The summed E-state index contributed by atoms with van der Waals surface area (Å²) in [4.78, 5) is 38.3. The van der Waals surface area contributed by atoms with Gasteiger partial charge in [-0.05, 0) is 56.2 Å². The van der Waals surface area contributed by atoms with Crippen molar-refractivity contribution in [1.29, 1.82) is 0 Å². The van der Waals surface area contributed by atoms with Crippen LogP contribution in [0.15, 0.2) is 42.5 Å². The van der Waals surface area contributed by atoms with Crippen LogP contribution < -0.4 is 20.9 Å². The van der Waals surface area contributed by atoms with Gasteiger partial charge in [0, 0.05) is 49.5 Å². The van der Waals surface area contributed by atoms with Gasteiger partial charge in [-0.3, -0.25) is 14.4 Å². The van der Waals surface area contributed by atoms with Crippen LogP contribution >= 0.6 is 0 Å². The minimum absolute atomic E-state index is 0.0344. The number of carbonyl (C=O) groups excluding carboxylic acids is 3. The summed E-state index contributed by atoms with van der Waals surface area (Å²) in [5.74, 6) is -1.93. The molecule has 1 fully saturated rings. The van der Waals surface area contributed by atoms with Crippen molar-refractivity contribution in [3.63, 3.8) is 0 Å². The Morgan fingerprint density at radius 1 is 1.03 bits per heavy atom. The molecule has 1 saturated heterocycles. The maximum atomic E-state index is 14.1. The second-order valence-electron chi connectivity index (χ2n) is 7.75. The number of rotatable bonds is 7. The van der Waals surface area contributed by atoms with Crippen molar-refractivity contribution in [2.24, 2.45) is 0 Å². The van der Waals surface area contributed by atoms with E-state index < -0.39 is 17.8 Å². The average Bonchev–Trinajstić information content (AvgIpc) is 3.24. The van der Waals surface area contributed by atoms with E-state index in [1.165, 1.54) is 31.9 Å². The molecule has 0 spiro atoms. The number of anilines is 3. The zero-order chi connectivity index (χ0) is 22.4. The van der Waals surface area contributed by atoms with Crippen molar-refractivity contribution in [3.05, 3.63) is 53.8 Å². The quantitative estimate of drug-likeness (QED) is 0.632. The van der Waals surface area contributed by atoms with Crippen molar-refractivity contribution in [3.8, 4) is 0 Å². The van der Waals surface area contributed by atoms with E-state index in [4.69, 9.17) is 0 Å². The lowest BCUT2D eigenvalue weighted by atomic mass is 10.1. The van der Waals surface area contributed by atoms with Crippen molar-refractivity contribution < 1.29 is 18.8 Å². The number of amides is 3. The van der Waals surface area contributed by atoms with Crippen molar-refractivity contribution in [2.75, 3.05) is 28.6 Å². The summed E-state index contributed by atoms with van der Waals surface area (Å²) in [6.07, 6.45) is 2.37. The molecule has 1 heterocycles. The zero-order valence-electron chi connectivity index (χ0n) is 17.7. The van der Waals surface area contributed by atoms with Crippen LogP contribution in [-0.4, -0.2) is 36.9 Å². The lowest BCUT2D eigenvalue weighted by molar-refractivity contribution is -0.116. The van der Waals surface area contributed by atoms with Crippen molar-refractivity contribution >= 4 is 34.8 Å². The average molecular weight is 426 g/mol. The molecule has 3 N–H and O–H groups in total. The molecule has 0 bridgehead atoms. The van der Waals surface area contributed by atoms with E-state index in [2.05, 4.69) is 20.9 Å². The molecule has 2 aromatic rings. The first kappa shape index (κ1) is 22.3. The van der Waals surface area contributed by atoms with Crippen LogP contribution in [0, 0.1) is 5.82 Å². The normalized spacial score (nSPS) is 14.1. The highest BCUT2D eigenvalue weighted by atomic mass is 19.1. The molecule has 164 valence electrons. The van der Waals surface area contributed by atoms with Crippen LogP contribution in [0.25, 0.3) is 0 Å². The number of halogens is 1. The Bertz CT molecular complexity index is 973. The maximum absolute atomic E-state index is 14.1. The van der Waals surface area contributed by atoms with Crippen LogP contribution in [0.3, 0.4) is 0 Å². The van der Waals surface area contributed by atoms with Gasteiger partial charge < -0.3 is 20.9 Å². The first-order valence-corrected chi connectivity index (χ1v) is 10.3. The van der Waals surface area contributed by atoms with E-state index in [0.29, 0.717) is 11.4 Å². The van der Waals surface area contributed by atoms with E-state index >= 15 is 0 Å². The molecule has 1 aliphatic heterocycles. The van der Waals surface area contributed by atoms with Crippen LogP contribution in [-0.2, 0) is 9.59 Å². The minimum atomic E-state index is -0.706. The van der Waals surface area contributed by atoms with Gasteiger partial charge in [0.25, 0.3) is 5.91 Å². The molecular weight excluding hydrogens is 399 g/mol. The Morgan fingerprint density at radius 2 is 1.74 bits per heavy atom. The summed E-state index contributed by atoms with van der Waals surface area (Å²) < 4.78 is 14.1. The third kappa shape index (κ3) is 6.28. The first-order chi connectivity index (χ1) is 14.8. The number of nitrogens with one attached hydrogen (secondary N) is 3. The maximum Gasteiger partial charge on any atom is 0.254 e. The second-order valence-corrected chi connectivity index (χ2v) is 7.75. The number of hydrogen-bond acceptors (Lipinski definition) is 4. The fourth-order valence-corrected chi connectivity index (χ4v) is 3.58. The van der Waals surface area contributed by atoms with Crippen LogP contribution in [0.1, 0.15) is 43.5 Å². The summed E-state index contributed by atoms with van der Waals surface area (Å²) in [5, 5.41) is 7.99. The summed E-state index contributed by atoms with van der Waals surface area (Å²) in [7, 11) is 0. The number of hydrogen-bond donors (Lipinski definition) is 3. The smallest absolute Gasteiger partial charge is 0.254 e. The summed E-state index contributed by atoms with van der Waals surface area (Å²) in [6.45, 7) is 5.03. The monoisotopic (exact) mass is 426 g/mol. The third-order valence-electron chi connectivity index (χ3n) is 5.00. The highest BCUT2D eigenvalue weighted by molar-refractivity contribution is 5.98. The fourth-order valence-electron chi connectivity index (χ4n) is 3.58. The molecule has 0 aromatic heterocycles. The largest absolute Gasteiger partial charge is 0.371 e. The standard InChI is InChI=1S/C23H27FN4O3/c1-15(25-23(31)20-14-18(26-16(2)29)8-9-21(20)24)12-22(30)27-17-6-5-7-19(13-17)28-10-3-4-11-28/h5-9,13-15H,3-4,10-12H2,1-2H3,(H,25,31)(H,26,29)(H,27,30). The van der Waals surface area contributed by atoms with Crippen molar-refractivity contribution in [1.82, 2.24) is 5.32 Å². The second kappa shape index (κ2) is 10.1. The van der Waals surface area contributed by atoms with E-state index in [9.17, 15) is 18.8 Å². The first-order valence-electron chi connectivity index (χ1n) is 10.3. The van der Waals surface area contributed by atoms with Gasteiger partial charge in [-0.25, -0.2) is 4.39 Å². The van der Waals surface area contributed by atoms with Gasteiger partial charge in [0.2, 0.25) is 11.8 Å². The zero-order valence-corrected chi connectivity index (χ0v) is 17.7. The van der Waals surface area contributed by atoms with Gasteiger partial charge in [-0.2, -0.15) is 0 Å². The van der Waals surface area contributed by atoms with Gasteiger partial charge in [-0.1, -0.05) is 6.07 Å². The van der Waals surface area contributed by atoms with Gasteiger partial charge in [0.15, 0.2) is 0 Å². The molecule has 0 radical (unpaired) electrons. The van der Waals surface area contributed by atoms with E-state index in [-0.39, 0.29) is 23.8 Å². The highest BCUT2D eigenvalue weighted by Crippen LogP contribution is 2.23. The van der Waals surface area contributed by atoms with Crippen LogP contribution in [0.4, 0.5) is 21.5 Å². The summed E-state index contributed by atoms with van der Waals surface area (Å²) in [6, 6.07) is 10.9. The lowest BCUT2D eigenvalue weighted by Gasteiger charge is -2.19. The molecule has 8 heteroatoms. The van der Waals surface area contributed by atoms with E-state index in [1.807, 2.05) is 24.3 Å². The predicted molar refractivity (Wildman–Crippen MR) is 119 cm³/mol. The van der Waals surface area contributed by atoms with Gasteiger partial charge in [0.05, 0.1) is 5.56 Å². The molecule has 3 rings (SSSR count). The highest BCUT2D eigenvalue weighted by Gasteiger charge is 2.18. The molecule has 31 heavy (non-hydrogen) atoms. The van der Waals surface area contributed by atoms with Gasteiger partial charge in [0.1, 0.15) is 5.82 Å². The predicted octanol–water partition coefficient (Wildman–Crippen LogP) is 3.53. The minimum Gasteiger partial charge on any atom is -0.371 e. The number of nitrogens with zero attached hydrogens (tertiary/aromatic N) is 1. The Kier molecular flexibility index (Phi) is 7.23. The van der Waals surface area contributed by atoms with Crippen LogP contribution in [0.5, 0.6) is 0 Å². The SMILES string of the molecule is CC(=O)Nc1ccc(F)c(C(=O)NC(C)CC(=O)Nc2cccc(N3CCCC3)c2)c1. The summed E-state index contributed by atoms with van der Waals surface area (Å²) >= 11 is 0. The lowest BCUT2D eigenvalue weighted by Crippen LogP contribution is -2.36. The Morgan fingerprint density at radius 3 is 2.45 bits per heavy atom. The van der Waals surface area contributed by atoms with E-state index in [0.717, 1.165) is 24.8 Å². The third-order valence-corrected chi connectivity index (χ3v) is 5.00. The topological polar surface area (TPSA) is 90.5 Å². The molecule has 2 aromatic carbocycles. The molecule has 1 atom stereocenters. The number of benzene rings is 2. The summed E-state index contributed by atoms with van der Waals surface area (Å²) in [5.41, 5.74) is 1.90. The molecule has 0 saturated carbocycles. The van der Waals surface area contributed by atoms with E-state index in [1.54, 1.807) is 6.92 Å². The Labute approximate surface area is 181 Å². The Hall–Kier alpha value is -3.42. The molecule has 1 unspecified atom stereocenters. The molecule has 3 amide bonds. The van der Waals surface area contributed by atoms with Gasteiger partial charge in [-0.15, -0.1) is 0 Å². The molecule has 1 aliphatic rings. The van der Waals surface area contributed by atoms with Crippen molar-refractivity contribution in [2.45, 2.75) is 39.2 Å². The number of carbonyl (C=O) groups is 3. The molecule has 0 aliphatic carbocycles.